The zero-order valence-electron chi connectivity index (χ0n) is 13.1. The monoisotopic (exact) mass is 301 g/mol. The van der Waals surface area contributed by atoms with Crippen molar-refractivity contribution >= 4 is 11.3 Å². The highest BCUT2D eigenvalue weighted by molar-refractivity contribution is 7.12. The zero-order valence-corrected chi connectivity index (χ0v) is 13.9. The highest BCUT2D eigenvalue weighted by Gasteiger charge is 2.13. The van der Waals surface area contributed by atoms with Crippen LogP contribution < -0.4 is 5.32 Å². The number of hydrogen-bond donors (Lipinski definition) is 2. The van der Waals surface area contributed by atoms with Gasteiger partial charge in [-0.05, 0) is 39.3 Å². The molecule has 2 N–H and O–H groups in total. The van der Waals surface area contributed by atoms with E-state index in [2.05, 4.69) is 32.2 Å². The van der Waals surface area contributed by atoms with E-state index >= 15 is 0 Å². The van der Waals surface area contributed by atoms with Gasteiger partial charge in [0.05, 0.1) is 25.4 Å². The maximum atomic E-state index is 9.91. The van der Waals surface area contributed by atoms with Crippen molar-refractivity contribution in [2.24, 2.45) is 0 Å². The Bertz CT molecular complexity index is 394. The maximum absolute atomic E-state index is 9.91. The van der Waals surface area contributed by atoms with E-state index in [9.17, 15) is 5.11 Å². The molecular weight excluding hydrogens is 274 g/mol. The second-order valence-electron chi connectivity index (χ2n) is 5.25. The van der Waals surface area contributed by atoms with Crippen molar-refractivity contribution in [1.82, 2.24) is 5.32 Å². The number of thiophene rings is 1. The minimum absolute atomic E-state index is 0.00819. The summed E-state index contributed by atoms with van der Waals surface area (Å²) in [5.74, 6) is 0. The zero-order chi connectivity index (χ0) is 15.1. The van der Waals surface area contributed by atoms with Crippen LogP contribution in [0.1, 0.15) is 35.2 Å². The van der Waals surface area contributed by atoms with Gasteiger partial charge >= 0.3 is 0 Å². The van der Waals surface area contributed by atoms with E-state index in [1.54, 1.807) is 7.11 Å². The topological polar surface area (TPSA) is 50.7 Å². The molecule has 1 rings (SSSR count). The van der Waals surface area contributed by atoms with Crippen molar-refractivity contribution in [3.63, 3.8) is 0 Å². The molecule has 0 saturated carbocycles. The Morgan fingerprint density at radius 2 is 2.00 bits per heavy atom. The van der Waals surface area contributed by atoms with Gasteiger partial charge in [0.1, 0.15) is 0 Å². The first-order chi connectivity index (χ1) is 9.43. The molecule has 0 bridgehead atoms. The Hall–Kier alpha value is -0.460. The largest absolute Gasteiger partial charge is 0.389 e. The number of hydrogen-bond acceptors (Lipinski definition) is 5. The van der Waals surface area contributed by atoms with Crippen molar-refractivity contribution in [3.8, 4) is 0 Å². The minimum Gasteiger partial charge on any atom is -0.389 e. The van der Waals surface area contributed by atoms with Gasteiger partial charge < -0.3 is 19.9 Å². The summed E-state index contributed by atoms with van der Waals surface area (Å²) in [6.45, 7) is 9.70. The van der Waals surface area contributed by atoms with Gasteiger partial charge in [0.2, 0.25) is 0 Å². The fourth-order valence-electron chi connectivity index (χ4n) is 2.12. The summed E-state index contributed by atoms with van der Waals surface area (Å²) in [5, 5.41) is 13.3. The number of aliphatic hydroxyl groups excluding tert-OH is 1. The van der Waals surface area contributed by atoms with E-state index in [4.69, 9.17) is 9.47 Å². The van der Waals surface area contributed by atoms with Crippen LogP contribution in [0.5, 0.6) is 0 Å². The molecule has 0 aliphatic heterocycles. The lowest BCUT2D eigenvalue weighted by atomic mass is 10.1. The highest BCUT2D eigenvalue weighted by atomic mass is 32.1. The second-order valence-corrected chi connectivity index (χ2v) is 6.71. The molecule has 3 unspecified atom stereocenters. The third-order valence-electron chi connectivity index (χ3n) is 3.18. The molecule has 0 aliphatic carbocycles. The third-order valence-corrected chi connectivity index (χ3v) is 4.16. The number of rotatable bonds is 9. The summed E-state index contributed by atoms with van der Waals surface area (Å²) in [4.78, 5) is 2.66. The Kier molecular flexibility index (Phi) is 7.69. The summed E-state index contributed by atoms with van der Waals surface area (Å²) in [6.07, 6.45) is -0.495. The van der Waals surface area contributed by atoms with E-state index in [1.807, 2.05) is 18.3 Å². The molecule has 0 amide bonds. The van der Waals surface area contributed by atoms with Gasteiger partial charge in [0.25, 0.3) is 0 Å². The molecule has 4 nitrogen and oxygen atoms in total. The number of aliphatic hydroxyl groups is 1. The molecule has 0 aromatic carbocycles. The maximum Gasteiger partial charge on any atom is 0.0898 e. The van der Waals surface area contributed by atoms with Crippen LogP contribution in [0.15, 0.2) is 6.07 Å². The Morgan fingerprint density at radius 3 is 2.55 bits per heavy atom. The molecule has 1 aromatic rings. The van der Waals surface area contributed by atoms with Crippen molar-refractivity contribution in [3.05, 3.63) is 21.4 Å². The molecule has 1 heterocycles. The van der Waals surface area contributed by atoms with Gasteiger partial charge in [-0.1, -0.05) is 0 Å². The molecule has 0 fully saturated rings. The van der Waals surface area contributed by atoms with Crippen molar-refractivity contribution in [1.29, 1.82) is 0 Å². The first-order valence-electron chi connectivity index (χ1n) is 7.03. The van der Waals surface area contributed by atoms with E-state index in [-0.39, 0.29) is 12.1 Å². The summed E-state index contributed by atoms with van der Waals surface area (Å²) in [6, 6.07) is 2.45. The molecule has 5 heteroatoms. The van der Waals surface area contributed by atoms with Crippen LogP contribution in [0.4, 0.5) is 0 Å². The first kappa shape index (κ1) is 17.6. The number of methoxy groups -OCH3 is 1. The van der Waals surface area contributed by atoms with Gasteiger partial charge in [0, 0.05) is 29.5 Å². The van der Waals surface area contributed by atoms with E-state index in [0.29, 0.717) is 19.8 Å². The molecule has 116 valence electrons. The molecule has 20 heavy (non-hydrogen) atoms. The fourth-order valence-corrected chi connectivity index (χ4v) is 3.14. The van der Waals surface area contributed by atoms with Crippen LogP contribution in [-0.2, 0) is 9.47 Å². The van der Waals surface area contributed by atoms with Crippen LogP contribution in [0.25, 0.3) is 0 Å². The standard InChI is InChI=1S/C15H27NO3S/c1-10(8-18-5)19-9-14(17)7-16-12(3)15-6-11(2)20-13(15)4/h6,10,12,14,16-17H,7-9H2,1-5H3. The summed E-state index contributed by atoms with van der Waals surface area (Å²) in [5.41, 5.74) is 1.31. The van der Waals surface area contributed by atoms with Gasteiger partial charge in [-0.25, -0.2) is 0 Å². The number of ether oxygens (including phenoxy) is 2. The summed E-state index contributed by atoms with van der Waals surface area (Å²) >= 11 is 1.81. The van der Waals surface area contributed by atoms with Crippen molar-refractivity contribution in [2.75, 3.05) is 26.9 Å². The fraction of sp³-hybridized carbons (Fsp3) is 0.733. The lowest BCUT2D eigenvalue weighted by Crippen LogP contribution is -2.33. The normalized spacial score (nSPS) is 16.1. The Labute approximate surface area is 126 Å². The molecule has 0 saturated heterocycles. The Balaban J connectivity index is 2.30. The minimum atomic E-state index is -0.503. The molecule has 3 atom stereocenters. The number of nitrogens with one attached hydrogen (secondary N) is 1. The summed E-state index contributed by atoms with van der Waals surface area (Å²) in [7, 11) is 1.64. The van der Waals surface area contributed by atoms with Crippen LogP contribution >= 0.6 is 11.3 Å². The van der Waals surface area contributed by atoms with Crippen molar-refractivity contribution < 1.29 is 14.6 Å². The van der Waals surface area contributed by atoms with Crippen LogP contribution in [0.3, 0.4) is 0 Å². The van der Waals surface area contributed by atoms with Crippen LogP contribution in [0, 0.1) is 13.8 Å². The Morgan fingerprint density at radius 1 is 1.30 bits per heavy atom. The molecular formula is C15H27NO3S. The number of aryl methyl sites for hydroxylation is 2. The lowest BCUT2D eigenvalue weighted by molar-refractivity contribution is -0.0315. The SMILES string of the molecule is COCC(C)OCC(O)CNC(C)c1cc(C)sc1C. The third kappa shape index (κ3) is 5.89. The van der Waals surface area contributed by atoms with E-state index in [0.717, 1.165) is 0 Å². The first-order valence-corrected chi connectivity index (χ1v) is 7.84. The van der Waals surface area contributed by atoms with Gasteiger partial charge in [-0.3, -0.25) is 0 Å². The van der Waals surface area contributed by atoms with Crippen LogP contribution in [0.2, 0.25) is 0 Å². The summed E-state index contributed by atoms with van der Waals surface area (Å²) < 4.78 is 10.5. The van der Waals surface area contributed by atoms with Gasteiger partial charge in [-0.15, -0.1) is 11.3 Å². The predicted molar refractivity (Wildman–Crippen MR) is 83.5 cm³/mol. The van der Waals surface area contributed by atoms with Gasteiger partial charge in [0.15, 0.2) is 0 Å². The lowest BCUT2D eigenvalue weighted by Gasteiger charge is -2.19. The average Bonchev–Trinajstić information content (AvgIpc) is 2.73. The average molecular weight is 301 g/mol. The quantitative estimate of drug-likeness (QED) is 0.735. The molecule has 0 radical (unpaired) electrons. The van der Waals surface area contributed by atoms with E-state index in [1.165, 1.54) is 15.3 Å². The smallest absolute Gasteiger partial charge is 0.0898 e. The van der Waals surface area contributed by atoms with E-state index < -0.39 is 6.10 Å². The molecule has 0 spiro atoms. The van der Waals surface area contributed by atoms with Crippen molar-refractivity contribution in [2.45, 2.75) is 45.9 Å². The second kappa shape index (κ2) is 8.74. The highest BCUT2D eigenvalue weighted by Crippen LogP contribution is 2.25. The van der Waals surface area contributed by atoms with Gasteiger partial charge in [-0.2, -0.15) is 0 Å². The predicted octanol–water partition coefficient (Wildman–Crippen LogP) is 2.43. The van der Waals surface area contributed by atoms with Crippen LogP contribution in [-0.4, -0.2) is 44.2 Å². The molecule has 1 aromatic heterocycles. The molecule has 0 aliphatic rings.